The first-order chi connectivity index (χ1) is 13.6. The summed E-state index contributed by atoms with van der Waals surface area (Å²) in [6, 6.07) is 7.21. The van der Waals surface area contributed by atoms with Gasteiger partial charge < -0.3 is 4.74 Å². The van der Waals surface area contributed by atoms with Crippen LogP contribution in [-0.2, 0) is 0 Å². The number of hydrogen-bond donors (Lipinski definition) is 0. The minimum absolute atomic E-state index is 0.0843. The molecule has 28 heavy (non-hydrogen) atoms. The lowest BCUT2D eigenvalue weighted by Crippen LogP contribution is -2.30. The molecular weight excluding hydrogens is 354 g/mol. The van der Waals surface area contributed by atoms with Crippen LogP contribution in [0.5, 0.6) is 5.75 Å². The molecule has 0 aliphatic heterocycles. The Bertz CT molecular complexity index is 859. The highest BCUT2D eigenvalue weighted by molar-refractivity contribution is 5.85. The molecule has 0 heterocycles. The zero-order valence-electron chi connectivity index (χ0n) is 16.7. The first-order valence-electron chi connectivity index (χ1n) is 10.8. The van der Waals surface area contributed by atoms with E-state index in [1.807, 2.05) is 12.1 Å². The molecule has 2 fully saturated rings. The van der Waals surface area contributed by atoms with Crippen LogP contribution >= 0.6 is 0 Å². The minimum Gasteiger partial charge on any atom is -0.483 e. The van der Waals surface area contributed by atoms with E-state index in [-0.39, 0.29) is 12.4 Å². The van der Waals surface area contributed by atoms with Crippen LogP contribution in [0.15, 0.2) is 36.9 Å². The van der Waals surface area contributed by atoms with Crippen molar-refractivity contribution < 1.29 is 13.5 Å². The molecule has 0 bridgehead atoms. The van der Waals surface area contributed by atoms with Crippen LogP contribution in [0, 0.1) is 29.4 Å². The van der Waals surface area contributed by atoms with Crippen molar-refractivity contribution in [3.05, 3.63) is 54.1 Å². The van der Waals surface area contributed by atoms with Crippen molar-refractivity contribution in [2.24, 2.45) is 17.8 Å². The molecule has 0 spiro atoms. The molecule has 0 saturated heterocycles. The summed E-state index contributed by atoms with van der Waals surface area (Å²) >= 11 is 0. The van der Waals surface area contributed by atoms with Gasteiger partial charge in [0.1, 0.15) is 6.61 Å². The van der Waals surface area contributed by atoms with E-state index in [0.717, 1.165) is 17.8 Å². The Balaban J connectivity index is 1.56. The lowest BCUT2D eigenvalue weighted by molar-refractivity contribution is 0.116. The molecule has 0 aromatic heterocycles. The van der Waals surface area contributed by atoms with Crippen molar-refractivity contribution in [1.29, 1.82) is 0 Å². The van der Waals surface area contributed by atoms with Gasteiger partial charge in [-0.05, 0) is 72.8 Å². The second-order valence-electron chi connectivity index (χ2n) is 8.70. The zero-order valence-corrected chi connectivity index (χ0v) is 16.7. The standard InChI is InChI=1S/C25H30F2O/c1-3-11-28-25-23(26)15-21-14-20(9-10-22(21)24(25)27)19-8-7-17-12-16(4-2)5-6-18(17)13-19/h3,9-10,14-19H,1,4-8,11-13H2,2H3/t16?,17-,18?,19-/m1/s1. The highest BCUT2D eigenvalue weighted by Gasteiger charge is 2.35. The molecule has 2 aromatic rings. The van der Waals surface area contributed by atoms with Crippen molar-refractivity contribution in [3.8, 4) is 5.75 Å². The van der Waals surface area contributed by atoms with Gasteiger partial charge in [0.15, 0.2) is 17.4 Å². The van der Waals surface area contributed by atoms with Gasteiger partial charge in [-0.2, -0.15) is 0 Å². The van der Waals surface area contributed by atoms with Crippen molar-refractivity contribution in [1.82, 2.24) is 0 Å². The molecule has 2 unspecified atom stereocenters. The Kier molecular flexibility index (Phi) is 5.70. The van der Waals surface area contributed by atoms with Crippen LogP contribution in [0.1, 0.15) is 63.4 Å². The smallest absolute Gasteiger partial charge is 0.191 e. The number of hydrogen-bond acceptors (Lipinski definition) is 1. The van der Waals surface area contributed by atoms with Gasteiger partial charge in [-0.3, -0.25) is 0 Å². The van der Waals surface area contributed by atoms with E-state index < -0.39 is 11.6 Å². The minimum atomic E-state index is -0.648. The Hall–Kier alpha value is -1.90. The summed E-state index contributed by atoms with van der Waals surface area (Å²) in [5.41, 5.74) is 1.22. The van der Waals surface area contributed by atoms with E-state index in [9.17, 15) is 8.78 Å². The summed E-state index contributed by atoms with van der Waals surface area (Å²) in [6.45, 7) is 5.93. The summed E-state index contributed by atoms with van der Waals surface area (Å²) < 4.78 is 34.3. The van der Waals surface area contributed by atoms with Gasteiger partial charge >= 0.3 is 0 Å². The molecule has 2 aliphatic carbocycles. The second-order valence-corrected chi connectivity index (χ2v) is 8.70. The summed E-state index contributed by atoms with van der Waals surface area (Å²) in [5, 5.41) is 1.04. The zero-order chi connectivity index (χ0) is 19.7. The molecular formula is C25H30F2O. The van der Waals surface area contributed by atoms with Crippen LogP contribution < -0.4 is 4.74 Å². The van der Waals surface area contributed by atoms with Crippen LogP contribution in [0.25, 0.3) is 10.8 Å². The maximum atomic E-state index is 14.7. The summed E-state index contributed by atoms with van der Waals surface area (Å²) in [7, 11) is 0. The average molecular weight is 385 g/mol. The SMILES string of the molecule is C=CCOc1c(F)cc2cc([C@@H]3CC[C@@H]4CC(CC)CCC4C3)ccc2c1F. The molecule has 4 atom stereocenters. The monoisotopic (exact) mass is 384 g/mol. The summed E-state index contributed by atoms with van der Waals surface area (Å²) in [6.07, 6.45) is 10.6. The van der Waals surface area contributed by atoms with Crippen LogP contribution in [0.2, 0.25) is 0 Å². The van der Waals surface area contributed by atoms with Crippen LogP contribution in [0.4, 0.5) is 8.78 Å². The first-order valence-corrected chi connectivity index (χ1v) is 10.8. The fourth-order valence-corrected chi connectivity index (χ4v) is 5.52. The maximum absolute atomic E-state index is 14.7. The number of halogens is 2. The van der Waals surface area contributed by atoms with Crippen molar-refractivity contribution in [2.75, 3.05) is 6.61 Å². The summed E-state index contributed by atoms with van der Waals surface area (Å²) in [4.78, 5) is 0. The quantitative estimate of drug-likeness (QED) is 0.488. The maximum Gasteiger partial charge on any atom is 0.191 e. The van der Waals surface area contributed by atoms with E-state index >= 15 is 0 Å². The van der Waals surface area contributed by atoms with Gasteiger partial charge in [0.2, 0.25) is 0 Å². The fourth-order valence-electron chi connectivity index (χ4n) is 5.52. The second kappa shape index (κ2) is 8.23. The predicted octanol–water partition coefficient (Wildman–Crippen LogP) is 7.39. The lowest BCUT2D eigenvalue weighted by Gasteiger charge is -2.42. The van der Waals surface area contributed by atoms with E-state index in [2.05, 4.69) is 13.5 Å². The van der Waals surface area contributed by atoms with Gasteiger partial charge in [0.25, 0.3) is 0 Å². The third kappa shape index (κ3) is 3.68. The normalized spacial score (nSPS) is 27.4. The van der Waals surface area contributed by atoms with Gasteiger partial charge in [0.05, 0.1) is 0 Å². The molecule has 2 saturated carbocycles. The molecule has 0 radical (unpaired) electrons. The Labute approximate surface area is 166 Å². The predicted molar refractivity (Wildman–Crippen MR) is 111 cm³/mol. The van der Waals surface area contributed by atoms with Crippen molar-refractivity contribution in [3.63, 3.8) is 0 Å². The molecule has 0 N–H and O–H groups in total. The van der Waals surface area contributed by atoms with E-state index in [1.165, 1.54) is 62.7 Å². The number of ether oxygens (including phenoxy) is 1. The third-order valence-electron chi connectivity index (χ3n) is 7.13. The number of benzene rings is 2. The molecule has 2 aromatic carbocycles. The van der Waals surface area contributed by atoms with E-state index in [4.69, 9.17) is 4.74 Å². The average Bonchev–Trinajstić information content (AvgIpc) is 2.72. The molecule has 150 valence electrons. The third-order valence-corrected chi connectivity index (χ3v) is 7.13. The Morgan fingerprint density at radius 2 is 1.86 bits per heavy atom. The largest absolute Gasteiger partial charge is 0.483 e. The van der Waals surface area contributed by atoms with Crippen molar-refractivity contribution in [2.45, 2.75) is 57.8 Å². The Morgan fingerprint density at radius 1 is 1.07 bits per heavy atom. The number of rotatable bonds is 5. The molecule has 3 heteroatoms. The van der Waals surface area contributed by atoms with Gasteiger partial charge in [-0.25, -0.2) is 8.78 Å². The molecule has 2 aliphatic rings. The fraction of sp³-hybridized carbons (Fsp3) is 0.520. The summed E-state index contributed by atoms with van der Waals surface area (Å²) in [5.74, 6) is 1.55. The van der Waals surface area contributed by atoms with Crippen LogP contribution in [0.3, 0.4) is 0 Å². The molecule has 1 nitrogen and oxygen atoms in total. The Morgan fingerprint density at radius 3 is 2.64 bits per heavy atom. The first kappa shape index (κ1) is 19.4. The number of fused-ring (bicyclic) bond motifs is 2. The highest BCUT2D eigenvalue weighted by atomic mass is 19.1. The lowest BCUT2D eigenvalue weighted by atomic mass is 9.63. The highest BCUT2D eigenvalue weighted by Crippen LogP contribution is 2.48. The van der Waals surface area contributed by atoms with Crippen LogP contribution in [-0.4, -0.2) is 6.61 Å². The van der Waals surface area contributed by atoms with Gasteiger partial charge in [-0.15, -0.1) is 0 Å². The van der Waals surface area contributed by atoms with Gasteiger partial charge in [-0.1, -0.05) is 50.6 Å². The molecule has 4 rings (SSSR count). The van der Waals surface area contributed by atoms with E-state index in [0.29, 0.717) is 16.7 Å². The van der Waals surface area contributed by atoms with Gasteiger partial charge in [0, 0.05) is 5.39 Å². The topological polar surface area (TPSA) is 9.23 Å². The molecule has 0 amide bonds. The van der Waals surface area contributed by atoms with Crippen molar-refractivity contribution >= 4 is 10.8 Å². The van der Waals surface area contributed by atoms with E-state index in [1.54, 1.807) is 6.07 Å².